The average molecular weight is 1020 g/mol. The van der Waals surface area contributed by atoms with E-state index in [-0.39, 0.29) is 33.9 Å². The van der Waals surface area contributed by atoms with Gasteiger partial charge in [-0.2, -0.15) is 0 Å². The summed E-state index contributed by atoms with van der Waals surface area (Å²) in [5.74, 6) is 0. The summed E-state index contributed by atoms with van der Waals surface area (Å²) in [5, 5.41) is 0. The van der Waals surface area contributed by atoms with Gasteiger partial charge >= 0.3 is 6.85 Å². The number of aryl methyl sites for hydroxylation is 1. The maximum atomic E-state index is 2.73. The first kappa shape index (κ1) is 50.0. The molecule has 0 N–H and O–H groups in total. The van der Waals surface area contributed by atoms with Crippen LogP contribution < -0.4 is 25.5 Å². The molecule has 0 spiro atoms. The summed E-state index contributed by atoms with van der Waals surface area (Å²) in [7, 11) is 0. The minimum absolute atomic E-state index is 0.00126. The van der Waals surface area contributed by atoms with Crippen molar-refractivity contribution in [3.05, 3.63) is 227 Å². The van der Waals surface area contributed by atoms with Gasteiger partial charge in [-0.25, -0.2) is 0 Å². The fourth-order valence-corrected chi connectivity index (χ4v) is 14.0. The van der Waals surface area contributed by atoms with Crippen LogP contribution in [0.5, 0.6) is 0 Å². The van der Waals surface area contributed by atoms with Crippen LogP contribution >= 0.6 is 0 Å². The molecule has 2 aliphatic carbocycles. The van der Waals surface area contributed by atoms with Gasteiger partial charge in [0.2, 0.25) is 0 Å². The fourth-order valence-electron chi connectivity index (χ4n) is 14.0. The van der Waals surface area contributed by atoms with E-state index in [1.54, 1.807) is 0 Å². The van der Waals surface area contributed by atoms with Crippen molar-refractivity contribution in [2.45, 2.75) is 130 Å². The molecule has 0 fully saturated rings. The molecule has 3 nitrogen and oxygen atoms in total. The number of hydrogen-bond acceptors (Lipinski definition) is 3. The number of benzene rings is 9. The molecule has 9 aromatic rings. The molecule has 0 unspecified atom stereocenters. The fraction of sp³-hybridized carbons (Fsp3) is 0.270. The van der Waals surface area contributed by atoms with Gasteiger partial charge in [0.25, 0.3) is 0 Å². The van der Waals surface area contributed by atoms with Crippen molar-refractivity contribution in [2.75, 3.05) is 14.6 Å². The van der Waals surface area contributed by atoms with Crippen molar-refractivity contribution in [1.29, 1.82) is 0 Å². The number of fused-ring (bicyclic) bond motifs is 9. The topological polar surface area (TPSA) is 9.72 Å². The molecule has 0 amide bonds. The van der Waals surface area contributed by atoms with Crippen LogP contribution in [0.2, 0.25) is 0 Å². The van der Waals surface area contributed by atoms with E-state index in [4.69, 9.17) is 0 Å². The Balaban J connectivity index is 1.15. The van der Waals surface area contributed by atoms with Crippen molar-refractivity contribution < 1.29 is 0 Å². The molecular formula is C74H74BN3. The number of nitrogens with zero attached hydrogens (tertiary/aromatic N) is 3. The smallest absolute Gasteiger partial charge is 0.333 e. The second kappa shape index (κ2) is 17.5. The molecule has 388 valence electrons. The van der Waals surface area contributed by atoms with E-state index in [9.17, 15) is 0 Å². The minimum atomic E-state index is -0.289. The Morgan fingerprint density at radius 3 is 1.63 bits per heavy atom. The molecule has 0 aromatic heterocycles. The molecular weight excluding hydrogens is 942 g/mol. The zero-order chi connectivity index (χ0) is 54.4. The maximum Gasteiger partial charge on any atom is 0.333 e. The maximum absolute atomic E-state index is 2.73. The third kappa shape index (κ3) is 7.75. The molecule has 0 bridgehead atoms. The second-order valence-electron chi connectivity index (χ2n) is 27.0. The lowest BCUT2D eigenvalue weighted by Crippen LogP contribution is -2.62. The van der Waals surface area contributed by atoms with Gasteiger partial charge in [-0.1, -0.05) is 186 Å². The number of para-hydroxylation sites is 2. The Labute approximate surface area is 465 Å². The predicted octanol–water partition coefficient (Wildman–Crippen LogP) is 19.1. The highest BCUT2D eigenvalue weighted by atomic mass is 15.2. The van der Waals surface area contributed by atoms with E-state index in [1.165, 1.54) is 125 Å². The molecule has 9 aromatic carbocycles. The van der Waals surface area contributed by atoms with Crippen molar-refractivity contribution in [3.8, 4) is 33.4 Å². The Bertz CT molecular complexity index is 3810. The van der Waals surface area contributed by atoms with E-state index >= 15 is 0 Å². The van der Waals surface area contributed by atoms with Crippen molar-refractivity contribution in [2.24, 2.45) is 0 Å². The zero-order valence-corrected chi connectivity index (χ0v) is 48.2. The summed E-state index contributed by atoms with van der Waals surface area (Å²) in [6.07, 6.45) is 2.37. The third-order valence-electron chi connectivity index (χ3n) is 18.4. The average Bonchev–Trinajstić information content (AvgIpc) is 3.50. The SMILES string of the molecule is Cc1cc2c3c(c1)N(c1ccc(C(C)(C)C)cc1-c1ccccc1)c1ccc(N(c4ccccc4)c4ccccc4)cc1B3N(c1ccc(C(C)(C)C)cc1)c1ccc3c(c1-2)C(C)(C)c1cc2c(cc1-3)C(C)(C)CCC2(C)C. The molecule has 2 aliphatic heterocycles. The molecule has 0 radical (unpaired) electrons. The molecule has 0 saturated heterocycles. The van der Waals surface area contributed by atoms with Gasteiger partial charge in [0.15, 0.2) is 0 Å². The lowest BCUT2D eigenvalue weighted by Gasteiger charge is -2.47. The second-order valence-corrected chi connectivity index (χ2v) is 27.0. The van der Waals surface area contributed by atoms with Crippen molar-refractivity contribution in [1.82, 2.24) is 0 Å². The minimum Gasteiger partial charge on any atom is -0.376 e. The van der Waals surface area contributed by atoms with Crippen LogP contribution in [0, 0.1) is 6.92 Å². The highest BCUT2D eigenvalue weighted by Gasteiger charge is 2.50. The summed E-state index contributed by atoms with van der Waals surface area (Å²) in [6.45, 7) is 31.0. The highest BCUT2D eigenvalue weighted by molar-refractivity contribution is 6.93. The summed E-state index contributed by atoms with van der Waals surface area (Å²) < 4.78 is 0. The first-order valence-electron chi connectivity index (χ1n) is 28.6. The number of rotatable bonds is 6. The van der Waals surface area contributed by atoms with Gasteiger partial charge in [-0.05, 0) is 198 Å². The standard InChI is InChI=1S/C74H74BN3/c1-47-41-58-67-65(38-35-55-57-45-60-61(46-59(57)74(12,13)68(55)67)73(10,11)40-39-72(60,8)9)78(53-32-29-49(30-33-53)70(2,3)4)75-62-44-54(76(51-25-19-15-20-26-51)52-27-21-16-22-28-52)34-37-64(62)77(66(42-47)69(58)75)63-36-31-50(71(5,6)7)43-56(63)48-23-17-14-18-24-48/h14-38,41-46H,39-40H2,1-13H3. The highest BCUT2D eigenvalue weighted by Crippen LogP contribution is 2.60. The predicted molar refractivity (Wildman–Crippen MR) is 335 cm³/mol. The molecule has 0 atom stereocenters. The van der Waals surface area contributed by atoms with E-state index in [0.29, 0.717) is 0 Å². The molecule has 4 aliphatic rings. The molecule has 0 saturated carbocycles. The van der Waals surface area contributed by atoms with Crippen molar-refractivity contribution >= 4 is 63.3 Å². The van der Waals surface area contributed by atoms with E-state index in [1.807, 2.05) is 0 Å². The lowest BCUT2D eigenvalue weighted by molar-refractivity contribution is 0.331. The lowest BCUT2D eigenvalue weighted by atomic mass is 9.43. The molecule has 4 heteroatoms. The summed E-state index contributed by atoms with van der Waals surface area (Å²) in [6, 6.07) is 72.3. The van der Waals surface area contributed by atoms with Crippen LogP contribution in [0.4, 0.5) is 45.5 Å². The van der Waals surface area contributed by atoms with Gasteiger partial charge in [0.05, 0.1) is 5.69 Å². The Morgan fingerprint density at radius 2 is 1.01 bits per heavy atom. The zero-order valence-electron chi connectivity index (χ0n) is 48.2. The van der Waals surface area contributed by atoms with E-state index in [0.717, 1.165) is 17.1 Å². The van der Waals surface area contributed by atoms with E-state index in [2.05, 4.69) is 293 Å². The molecule has 2 heterocycles. The number of anilines is 8. The first-order chi connectivity index (χ1) is 37.1. The summed E-state index contributed by atoms with van der Waals surface area (Å²) >= 11 is 0. The molecule has 13 rings (SSSR count). The molecule has 78 heavy (non-hydrogen) atoms. The van der Waals surface area contributed by atoms with Crippen LogP contribution in [-0.4, -0.2) is 6.85 Å². The van der Waals surface area contributed by atoms with Crippen LogP contribution in [0.1, 0.15) is 135 Å². The van der Waals surface area contributed by atoms with Gasteiger partial charge in [-0.15, -0.1) is 0 Å². The Kier molecular flexibility index (Phi) is 11.2. The van der Waals surface area contributed by atoms with Crippen LogP contribution in [-0.2, 0) is 27.1 Å². The third-order valence-corrected chi connectivity index (χ3v) is 18.4. The van der Waals surface area contributed by atoms with Gasteiger partial charge in [-0.3, -0.25) is 0 Å². The summed E-state index contributed by atoms with van der Waals surface area (Å²) in [4.78, 5) is 7.80. The largest absolute Gasteiger partial charge is 0.376 e. The van der Waals surface area contributed by atoms with Crippen LogP contribution in [0.25, 0.3) is 33.4 Å². The Hall–Kier alpha value is -7.56. The normalized spacial score (nSPS) is 16.1. The quantitative estimate of drug-likeness (QED) is 0.154. The summed E-state index contributed by atoms with van der Waals surface area (Å²) in [5.41, 5.74) is 29.5. The number of hydrogen-bond donors (Lipinski definition) is 0. The van der Waals surface area contributed by atoms with Gasteiger partial charge in [0, 0.05) is 56.4 Å². The monoisotopic (exact) mass is 1020 g/mol. The van der Waals surface area contributed by atoms with E-state index < -0.39 is 0 Å². The van der Waals surface area contributed by atoms with Crippen molar-refractivity contribution in [3.63, 3.8) is 0 Å². The first-order valence-corrected chi connectivity index (χ1v) is 28.6. The Morgan fingerprint density at radius 1 is 0.449 bits per heavy atom. The van der Waals surface area contributed by atoms with Gasteiger partial charge in [0.1, 0.15) is 0 Å². The van der Waals surface area contributed by atoms with Gasteiger partial charge < -0.3 is 14.6 Å². The van der Waals surface area contributed by atoms with Crippen LogP contribution in [0.3, 0.4) is 0 Å². The van der Waals surface area contributed by atoms with Crippen LogP contribution in [0.15, 0.2) is 188 Å².